The minimum absolute atomic E-state index is 0.0484. The van der Waals surface area contributed by atoms with Crippen LogP contribution in [0.4, 0.5) is 0 Å². The van der Waals surface area contributed by atoms with Gasteiger partial charge in [-0.2, -0.15) is 0 Å². The van der Waals surface area contributed by atoms with Gasteiger partial charge in [0, 0.05) is 19.4 Å². The summed E-state index contributed by atoms with van der Waals surface area (Å²) in [6, 6.07) is 0. The molecule has 0 unspecified atom stereocenters. The molecule has 0 aromatic heterocycles. The topological polar surface area (TPSA) is 61.8 Å². The van der Waals surface area contributed by atoms with E-state index in [1.165, 1.54) is 116 Å². The Kier molecular flexibility index (Phi) is 53.4. The molecule has 0 aliphatic carbocycles. The molecular formula is C61H104O5. The smallest absolute Gasteiger partial charge is 0.306 e. The van der Waals surface area contributed by atoms with Crippen LogP contribution in [-0.2, 0) is 23.8 Å². The number of allylic oxidation sites excluding steroid dienone is 16. The van der Waals surface area contributed by atoms with Crippen molar-refractivity contribution in [2.24, 2.45) is 0 Å². The van der Waals surface area contributed by atoms with Gasteiger partial charge < -0.3 is 14.2 Å². The SMILES string of the molecule is CC/C=C\C/C=C\C/C=C\C/C=C\C/C=C\CCCC(=O)O[C@H](COCCCCCCCCCCCCCCCCCC)COC(=O)CCCCCC/C=C\C/C=C\C/C=C\CCCCC. The van der Waals surface area contributed by atoms with Crippen LogP contribution in [0.1, 0.15) is 252 Å². The Balaban J connectivity index is 4.41. The molecule has 0 heterocycles. The molecule has 5 nitrogen and oxygen atoms in total. The number of hydrogen-bond acceptors (Lipinski definition) is 5. The molecule has 0 fully saturated rings. The van der Waals surface area contributed by atoms with Gasteiger partial charge in [0.2, 0.25) is 0 Å². The molecule has 5 heteroatoms. The highest BCUT2D eigenvalue weighted by molar-refractivity contribution is 5.70. The molecule has 0 aromatic carbocycles. The Hall–Kier alpha value is -3.18. The standard InChI is InChI=1S/C61H104O5/c1-4-7-10-13-16-19-22-25-28-31-33-36-39-42-45-48-51-54-60(62)65-58-59(57-64-56-53-50-47-44-41-38-35-30-27-24-21-18-15-12-9-6-3)66-61(63)55-52-49-46-43-40-37-34-32-29-26-23-20-17-14-11-8-5-2/h8,11,16-17,19-20,25-26,28-29,33-34,36-37,43,46,59H,4-7,9-10,12-15,18,21-24,27,30-32,35,38-42,44-45,47-58H2,1-3H3/b11-8-,19-16-,20-17-,28-25-,29-26-,36-33-,37-34-,46-43-/t59-/m1/s1. The van der Waals surface area contributed by atoms with Crippen LogP contribution >= 0.6 is 0 Å². The highest BCUT2D eigenvalue weighted by atomic mass is 16.6. The highest BCUT2D eigenvalue weighted by Crippen LogP contribution is 2.15. The fourth-order valence-electron chi connectivity index (χ4n) is 7.49. The summed E-state index contributed by atoms with van der Waals surface area (Å²) < 4.78 is 17.4. The molecule has 0 aromatic rings. The fourth-order valence-corrected chi connectivity index (χ4v) is 7.49. The summed E-state index contributed by atoms with van der Waals surface area (Å²) in [4.78, 5) is 25.5. The molecule has 0 bridgehead atoms. The van der Waals surface area contributed by atoms with Gasteiger partial charge in [0.05, 0.1) is 6.61 Å². The van der Waals surface area contributed by atoms with Crippen molar-refractivity contribution in [2.45, 2.75) is 258 Å². The minimum atomic E-state index is -0.579. The minimum Gasteiger partial charge on any atom is -0.462 e. The van der Waals surface area contributed by atoms with Crippen molar-refractivity contribution in [1.82, 2.24) is 0 Å². The zero-order valence-corrected chi connectivity index (χ0v) is 43.4. The van der Waals surface area contributed by atoms with Gasteiger partial charge >= 0.3 is 11.9 Å². The first kappa shape index (κ1) is 62.8. The maximum atomic E-state index is 12.8. The lowest BCUT2D eigenvalue weighted by atomic mass is 10.0. The monoisotopic (exact) mass is 917 g/mol. The number of carbonyl (C=O) groups is 2. The Morgan fingerprint density at radius 1 is 0.348 bits per heavy atom. The second-order valence-corrected chi connectivity index (χ2v) is 18.1. The molecule has 1 atom stereocenters. The summed E-state index contributed by atoms with van der Waals surface area (Å²) >= 11 is 0. The molecule has 0 radical (unpaired) electrons. The van der Waals surface area contributed by atoms with E-state index < -0.39 is 6.10 Å². The van der Waals surface area contributed by atoms with Gasteiger partial charge in [-0.15, -0.1) is 0 Å². The molecule has 0 saturated heterocycles. The zero-order valence-electron chi connectivity index (χ0n) is 43.4. The van der Waals surface area contributed by atoms with Gasteiger partial charge in [-0.25, -0.2) is 0 Å². The van der Waals surface area contributed by atoms with E-state index in [-0.39, 0.29) is 25.2 Å². The maximum absolute atomic E-state index is 12.8. The van der Waals surface area contributed by atoms with Crippen molar-refractivity contribution >= 4 is 11.9 Å². The van der Waals surface area contributed by atoms with Crippen LogP contribution < -0.4 is 0 Å². The molecule has 378 valence electrons. The van der Waals surface area contributed by atoms with Crippen molar-refractivity contribution < 1.29 is 23.8 Å². The Bertz CT molecular complexity index is 1270. The normalized spacial score (nSPS) is 13.0. The summed E-state index contributed by atoms with van der Waals surface area (Å²) in [6.45, 7) is 7.62. The first-order chi connectivity index (χ1) is 32.6. The summed E-state index contributed by atoms with van der Waals surface area (Å²) in [5.41, 5.74) is 0. The average molecular weight is 917 g/mol. The molecule has 0 aliphatic rings. The fraction of sp³-hybridized carbons (Fsp3) is 0.705. The number of carbonyl (C=O) groups excluding carboxylic acids is 2. The summed E-state index contributed by atoms with van der Waals surface area (Å²) in [7, 11) is 0. The Morgan fingerprint density at radius 3 is 1.17 bits per heavy atom. The summed E-state index contributed by atoms with van der Waals surface area (Å²) in [6.07, 6.45) is 75.7. The second-order valence-electron chi connectivity index (χ2n) is 18.1. The van der Waals surface area contributed by atoms with Crippen molar-refractivity contribution in [3.8, 4) is 0 Å². The van der Waals surface area contributed by atoms with Crippen LogP contribution in [-0.4, -0.2) is 37.9 Å². The van der Waals surface area contributed by atoms with Crippen molar-refractivity contribution in [1.29, 1.82) is 0 Å². The van der Waals surface area contributed by atoms with Gasteiger partial charge in [0.1, 0.15) is 6.61 Å². The third-order valence-electron chi connectivity index (χ3n) is 11.6. The first-order valence-electron chi connectivity index (χ1n) is 27.8. The number of esters is 2. The van der Waals surface area contributed by atoms with E-state index in [1.807, 2.05) is 0 Å². The Labute approximate surface area is 409 Å². The predicted octanol–water partition coefficient (Wildman–Crippen LogP) is 19.0. The number of rotatable bonds is 50. The average Bonchev–Trinajstić information content (AvgIpc) is 3.32. The Morgan fingerprint density at radius 2 is 0.697 bits per heavy atom. The molecule has 0 amide bonds. The van der Waals surface area contributed by atoms with E-state index in [0.29, 0.717) is 19.4 Å². The van der Waals surface area contributed by atoms with Crippen LogP contribution in [0.5, 0.6) is 0 Å². The summed E-state index contributed by atoms with van der Waals surface area (Å²) in [5.74, 6) is -0.487. The third-order valence-corrected chi connectivity index (χ3v) is 11.6. The molecule has 0 rings (SSSR count). The van der Waals surface area contributed by atoms with Gasteiger partial charge in [-0.1, -0.05) is 240 Å². The summed E-state index contributed by atoms with van der Waals surface area (Å²) in [5, 5.41) is 0. The predicted molar refractivity (Wildman–Crippen MR) is 288 cm³/mol. The van der Waals surface area contributed by atoms with Crippen LogP contribution in [0.15, 0.2) is 97.2 Å². The van der Waals surface area contributed by atoms with Gasteiger partial charge in [-0.05, 0) is 96.3 Å². The van der Waals surface area contributed by atoms with Crippen LogP contribution in [0.25, 0.3) is 0 Å². The lowest BCUT2D eigenvalue weighted by Crippen LogP contribution is -2.30. The molecule has 0 aliphatic heterocycles. The molecule has 66 heavy (non-hydrogen) atoms. The van der Waals surface area contributed by atoms with E-state index in [4.69, 9.17) is 14.2 Å². The third kappa shape index (κ3) is 53.4. The second kappa shape index (κ2) is 56.1. The van der Waals surface area contributed by atoms with E-state index in [1.54, 1.807) is 0 Å². The van der Waals surface area contributed by atoms with Crippen LogP contribution in [0, 0.1) is 0 Å². The zero-order chi connectivity index (χ0) is 47.7. The van der Waals surface area contributed by atoms with Gasteiger partial charge in [0.15, 0.2) is 6.10 Å². The van der Waals surface area contributed by atoms with Crippen molar-refractivity contribution in [2.75, 3.05) is 19.8 Å². The largest absolute Gasteiger partial charge is 0.462 e. The van der Waals surface area contributed by atoms with Crippen LogP contribution in [0.3, 0.4) is 0 Å². The number of unbranched alkanes of at least 4 members (excludes halogenated alkanes) is 23. The van der Waals surface area contributed by atoms with Gasteiger partial charge in [-0.3, -0.25) is 9.59 Å². The molecular weight excluding hydrogens is 813 g/mol. The van der Waals surface area contributed by atoms with E-state index in [0.717, 1.165) is 103 Å². The van der Waals surface area contributed by atoms with Crippen LogP contribution in [0.2, 0.25) is 0 Å². The van der Waals surface area contributed by atoms with E-state index in [2.05, 4.69) is 118 Å². The lowest BCUT2D eigenvalue weighted by Gasteiger charge is -2.18. The molecule has 0 saturated carbocycles. The van der Waals surface area contributed by atoms with Crippen molar-refractivity contribution in [3.63, 3.8) is 0 Å². The molecule has 0 spiro atoms. The maximum Gasteiger partial charge on any atom is 0.306 e. The van der Waals surface area contributed by atoms with E-state index >= 15 is 0 Å². The van der Waals surface area contributed by atoms with Gasteiger partial charge in [0.25, 0.3) is 0 Å². The first-order valence-corrected chi connectivity index (χ1v) is 27.8. The lowest BCUT2D eigenvalue weighted by molar-refractivity contribution is -0.162. The molecule has 0 N–H and O–H groups in total. The number of hydrogen-bond donors (Lipinski definition) is 0. The quantitative estimate of drug-likeness (QED) is 0.0346. The number of ether oxygens (including phenoxy) is 3. The van der Waals surface area contributed by atoms with Crippen molar-refractivity contribution in [3.05, 3.63) is 97.2 Å². The highest BCUT2D eigenvalue weighted by Gasteiger charge is 2.17. The van der Waals surface area contributed by atoms with E-state index in [9.17, 15) is 9.59 Å².